The Kier molecular flexibility index (Phi) is 5.41. The predicted molar refractivity (Wildman–Crippen MR) is 45.4 cm³/mol. The van der Waals surface area contributed by atoms with Crippen molar-refractivity contribution in [2.75, 3.05) is 6.61 Å². The fourth-order valence-electron chi connectivity index (χ4n) is 0.554. The monoisotopic (exact) mass is 172 g/mol. The summed E-state index contributed by atoms with van der Waals surface area (Å²) in [7, 11) is -1.33. The van der Waals surface area contributed by atoms with Gasteiger partial charge in [0.15, 0.2) is 0 Å². The largest absolute Gasteiger partial charge is 0.462 e. The normalized spacial score (nSPS) is 9.25. The van der Waals surface area contributed by atoms with Gasteiger partial charge in [-0.3, -0.25) is 0 Å². The fourth-order valence-corrected chi connectivity index (χ4v) is 0.554. The third-order valence-electron chi connectivity index (χ3n) is 1.19. The minimum atomic E-state index is -1.33. The first kappa shape index (κ1) is 11.2. The number of carbonyl (C=O) groups is 1. The molecule has 0 heterocycles. The van der Waals surface area contributed by atoms with E-state index in [9.17, 15) is 4.79 Å². The second-order valence-corrected chi connectivity index (χ2v) is 2.54. The second-order valence-electron chi connectivity index (χ2n) is 2.54. The zero-order valence-corrected chi connectivity index (χ0v) is 7.12. The number of ether oxygens (including phenoxy) is 1. The van der Waals surface area contributed by atoms with Crippen LogP contribution in [-0.4, -0.2) is 29.7 Å². The molecule has 0 spiro atoms. The van der Waals surface area contributed by atoms with Gasteiger partial charge in [0.2, 0.25) is 0 Å². The maximum atomic E-state index is 10.7. The smallest absolute Gasteiger partial charge is 0.451 e. The van der Waals surface area contributed by atoms with Crippen LogP contribution in [0.5, 0.6) is 0 Å². The molecule has 0 aliphatic carbocycles. The van der Waals surface area contributed by atoms with Crippen molar-refractivity contribution in [2.24, 2.45) is 0 Å². The first-order valence-corrected chi connectivity index (χ1v) is 3.73. The lowest BCUT2D eigenvalue weighted by Crippen LogP contribution is -2.12. The van der Waals surface area contributed by atoms with E-state index in [-0.39, 0.29) is 12.9 Å². The van der Waals surface area contributed by atoms with E-state index in [1.54, 1.807) is 6.92 Å². The van der Waals surface area contributed by atoms with Crippen molar-refractivity contribution >= 4 is 13.1 Å². The molecule has 0 saturated carbocycles. The van der Waals surface area contributed by atoms with Crippen LogP contribution in [0.3, 0.4) is 0 Å². The van der Waals surface area contributed by atoms with Crippen molar-refractivity contribution in [1.29, 1.82) is 0 Å². The lowest BCUT2D eigenvalue weighted by atomic mass is 9.85. The molecule has 68 valence electrons. The molecular weight excluding hydrogens is 159 g/mol. The first-order chi connectivity index (χ1) is 5.54. The van der Waals surface area contributed by atoms with Crippen molar-refractivity contribution < 1.29 is 19.6 Å². The second kappa shape index (κ2) is 5.80. The van der Waals surface area contributed by atoms with Crippen LogP contribution >= 0.6 is 0 Å². The molecule has 0 atom stereocenters. The van der Waals surface area contributed by atoms with E-state index in [1.165, 1.54) is 0 Å². The molecule has 0 aliphatic rings. The summed E-state index contributed by atoms with van der Waals surface area (Å²) in [6.07, 6.45) is 0.653. The van der Waals surface area contributed by atoms with Gasteiger partial charge in [0.05, 0.1) is 6.61 Å². The van der Waals surface area contributed by atoms with Gasteiger partial charge in [0, 0.05) is 5.57 Å². The average Bonchev–Trinajstić information content (AvgIpc) is 1.97. The zero-order chi connectivity index (χ0) is 9.56. The molecule has 0 aromatic rings. The summed E-state index contributed by atoms with van der Waals surface area (Å²) >= 11 is 0. The summed E-state index contributed by atoms with van der Waals surface area (Å²) in [6.45, 7) is 5.15. The van der Waals surface area contributed by atoms with Gasteiger partial charge in [-0.05, 0) is 19.7 Å². The van der Waals surface area contributed by atoms with Gasteiger partial charge < -0.3 is 14.8 Å². The molecule has 0 unspecified atom stereocenters. The van der Waals surface area contributed by atoms with Crippen molar-refractivity contribution in [2.45, 2.75) is 19.7 Å². The van der Waals surface area contributed by atoms with Crippen molar-refractivity contribution in [1.82, 2.24) is 0 Å². The van der Waals surface area contributed by atoms with Crippen LogP contribution in [0, 0.1) is 0 Å². The zero-order valence-electron chi connectivity index (χ0n) is 7.12. The molecule has 12 heavy (non-hydrogen) atoms. The molecule has 5 heteroatoms. The highest BCUT2D eigenvalue weighted by Crippen LogP contribution is 1.96. The highest BCUT2D eigenvalue weighted by Gasteiger charge is 2.07. The van der Waals surface area contributed by atoms with Crippen molar-refractivity contribution in [3.05, 3.63) is 12.2 Å². The Balaban J connectivity index is 3.32. The van der Waals surface area contributed by atoms with Gasteiger partial charge in [-0.1, -0.05) is 6.58 Å². The molecule has 0 rings (SSSR count). The maximum Gasteiger partial charge on any atom is 0.451 e. The number of rotatable bonds is 5. The molecule has 0 fully saturated rings. The highest BCUT2D eigenvalue weighted by molar-refractivity contribution is 6.40. The number of hydrogen-bond donors (Lipinski definition) is 2. The molecule has 0 aromatic carbocycles. The predicted octanol–water partition coefficient (Wildman–Crippen LogP) is -0.0314. The van der Waals surface area contributed by atoms with Gasteiger partial charge in [-0.15, -0.1) is 0 Å². The molecular formula is C7H13BO4. The fraction of sp³-hybridized carbons (Fsp3) is 0.571. The molecule has 0 aliphatic heterocycles. The van der Waals surface area contributed by atoms with E-state index in [2.05, 4.69) is 6.58 Å². The quantitative estimate of drug-likeness (QED) is 0.264. The Labute approximate surface area is 72.0 Å². The van der Waals surface area contributed by atoms with Gasteiger partial charge in [-0.2, -0.15) is 0 Å². The molecule has 0 radical (unpaired) electrons. The van der Waals surface area contributed by atoms with Crippen LogP contribution < -0.4 is 0 Å². The van der Waals surface area contributed by atoms with Crippen LogP contribution in [0.1, 0.15) is 13.3 Å². The van der Waals surface area contributed by atoms with Crippen molar-refractivity contribution in [3.8, 4) is 0 Å². The molecule has 0 amide bonds. The number of carbonyl (C=O) groups excluding carboxylic acids is 1. The third-order valence-corrected chi connectivity index (χ3v) is 1.19. The summed E-state index contributed by atoms with van der Waals surface area (Å²) in [5.74, 6) is -0.442. The molecule has 0 bridgehead atoms. The summed E-state index contributed by atoms with van der Waals surface area (Å²) in [4.78, 5) is 10.7. The topological polar surface area (TPSA) is 66.8 Å². The van der Waals surface area contributed by atoms with Crippen LogP contribution in [0.15, 0.2) is 12.2 Å². The Morgan fingerprint density at radius 2 is 2.17 bits per heavy atom. The van der Waals surface area contributed by atoms with E-state index in [0.29, 0.717) is 12.0 Å². The Morgan fingerprint density at radius 3 is 2.58 bits per heavy atom. The molecule has 2 N–H and O–H groups in total. The SMILES string of the molecule is C=C(C)C(=O)OCCCB(O)O. The van der Waals surface area contributed by atoms with E-state index in [0.717, 1.165) is 0 Å². The summed E-state index contributed by atoms with van der Waals surface area (Å²) in [6, 6.07) is 0. The average molecular weight is 172 g/mol. The third kappa shape index (κ3) is 5.94. The maximum absolute atomic E-state index is 10.7. The van der Waals surface area contributed by atoms with Crippen LogP contribution in [0.4, 0.5) is 0 Å². The van der Waals surface area contributed by atoms with Gasteiger partial charge in [-0.25, -0.2) is 4.79 Å². The summed E-state index contributed by atoms with van der Waals surface area (Å²) < 4.78 is 4.69. The Bertz CT molecular complexity index is 167. The summed E-state index contributed by atoms with van der Waals surface area (Å²) in [5, 5.41) is 16.8. The van der Waals surface area contributed by atoms with E-state index in [1.807, 2.05) is 0 Å². The van der Waals surface area contributed by atoms with Crippen molar-refractivity contribution in [3.63, 3.8) is 0 Å². The number of esters is 1. The van der Waals surface area contributed by atoms with Crippen LogP contribution in [0.2, 0.25) is 6.32 Å². The highest BCUT2D eigenvalue weighted by atomic mass is 16.5. The standard InChI is InChI=1S/C7H13BO4/c1-6(2)7(9)12-5-3-4-8(10)11/h10-11H,1,3-5H2,2H3. The summed E-state index contributed by atoms with van der Waals surface area (Å²) in [5.41, 5.74) is 0.347. The minimum absolute atomic E-state index is 0.198. The number of hydrogen-bond acceptors (Lipinski definition) is 4. The van der Waals surface area contributed by atoms with Gasteiger partial charge >= 0.3 is 13.1 Å². The van der Waals surface area contributed by atoms with E-state index in [4.69, 9.17) is 14.8 Å². The molecule has 0 aromatic heterocycles. The minimum Gasteiger partial charge on any atom is -0.462 e. The molecule has 4 nitrogen and oxygen atoms in total. The van der Waals surface area contributed by atoms with E-state index < -0.39 is 13.1 Å². The lowest BCUT2D eigenvalue weighted by molar-refractivity contribution is -0.138. The van der Waals surface area contributed by atoms with Gasteiger partial charge in [0.1, 0.15) is 0 Å². The Morgan fingerprint density at radius 1 is 1.58 bits per heavy atom. The first-order valence-electron chi connectivity index (χ1n) is 3.73. The lowest BCUT2D eigenvalue weighted by Gasteiger charge is -2.02. The van der Waals surface area contributed by atoms with E-state index >= 15 is 0 Å². The van der Waals surface area contributed by atoms with Gasteiger partial charge in [0.25, 0.3) is 0 Å². The van der Waals surface area contributed by atoms with Crippen LogP contribution in [-0.2, 0) is 9.53 Å². The molecule has 0 saturated heterocycles. The Hall–Kier alpha value is -0.805. The van der Waals surface area contributed by atoms with Crippen LogP contribution in [0.25, 0.3) is 0 Å².